The van der Waals surface area contributed by atoms with Gasteiger partial charge in [0.05, 0.1) is 19.3 Å². The third-order valence-electron chi connectivity index (χ3n) is 6.41. The van der Waals surface area contributed by atoms with Crippen LogP contribution in [0, 0.1) is 0 Å². The second-order valence-electron chi connectivity index (χ2n) is 8.65. The topological polar surface area (TPSA) is 71.1 Å². The number of carbonyl (C=O) groups is 2. The van der Waals surface area contributed by atoms with E-state index in [1.165, 1.54) is 11.1 Å². The number of amides is 2. The summed E-state index contributed by atoms with van der Waals surface area (Å²) < 4.78 is 10.9. The van der Waals surface area contributed by atoms with Crippen molar-refractivity contribution in [3.63, 3.8) is 0 Å². The fourth-order valence-electron chi connectivity index (χ4n) is 4.50. The van der Waals surface area contributed by atoms with Crippen molar-refractivity contribution in [1.29, 1.82) is 0 Å². The van der Waals surface area contributed by atoms with Gasteiger partial charge in [-0.2, -0.15) is 11.8 Å². The molecule has 0 aliphatic carbocycles. The Morgan fingerprint density at radius 3 is 2.71 bits per heavy atom. The number of piperazine rings is 1. The summed E-state index contributed by atoms with van der Waals surface area (Å²) in [7, 11) is 1.54. The van der Waals surface area contributed by atoms with Gasteiger partial charge >= 0.3 is 0 Å². The molecule has 2 aromatic carbocycles. The lowest BCUT2D eigenvalue weighted by atomic mass is 10.1. The third kappa shape index (κ3) is 5.85. The molecule has 2 amide bonds. The predicted molar refractivity (Wildman–Crippen MR) is 135 cm³/mol. The number of rotatable bonds is 9. The van der Waals surface area contributed by atoms with Crippen LogP contribution in [0.5, 0.6) is 11.5 Å². The van der Waals surface area contributed by atoms with Gasteiger partial charge in [-0.05, 0) is 47.8 Å². The van der Waals surface area contributed by atoms with Gasteiger partial charge in [0.25, 0.3) is 5.91 Å². The Hall–Kier alpha value is -2.71. The number of hydrogen-bond acceptors (Lipinski definition) is 6. The number of nitrogens with one attached hydrogen (secondary N) is 1. The summed E-state index contributed by atoms with van der Waals surface area (Å²) in [5, 5.41) is 2.97. The van der Waals surface area contributed by atoms with Crippen molar-refractivity contribution >= 4 is 23.6 Å². The van der Waals surface area contributed by atoms with Gasteiger partial charge in [-0.3, -0.25) is 14.5 Å². The Kier molecular flexibility index (Phi) is 8.34. The third-order valence-corrected chi connectivity index (χ3v) is 7.05. The average molecular weight is 484 g/mol. The molecule has 1 unspecified atom stereocenters. The number of benzene rings is 2. The van der Waals surface area contributed by atoms with Crippen molar-refractivity contribution in [2.24, 2.45) is 0 Å². The van der Waals surface area contributed by atoms with E-state index in [1.807, 2.05) is 17.2 Å². The van der Waals surface area contributed by atoms with Crippen LogP contribution in [0.2, 0.25) is 0 Å². The molecule has 2 aliphatic heterocycles. The molecule has 7 nitrogen and oxygen atoms in total. The van der Waals surface area contributed by atoms with Crippen LogP contribution in [0.4, 0.5) is 0 Å². The van der Waals surface area contributed by atoms with Crippen LogP contribution in [-0.2, 0) is 17.8 Å². The van der Waals surface area contributed by atoms with E-state index in [1.54, 1.807) is 37.1 Å². The summed E-state index contributed by atoms with van der Waals surface area (Å²) in [6.45, 7) is 4.59. The number of carbonyl (C=O) groups excluding carboxylic acids is 2. The highest BCUT2D eigenvalue weighted by molar-refractivity contribution is 7.98. The molecule has 4 rings (SSSR count). The summed E-state index contributed by atoms with van der Waals surface area (Å²) in [5.41, 5.74) is 3.01. The number of ether oxygens (including phenoxy) is 2. The molecular formula is C26H33N3O4S. The van der Waals surface area contributed by atoms with Gasteiger partial charge in [0.2, 0.25) is 5.91 Å². The SMILES string of the molecule is COc1ccccc1C(=O)NC(CCSC)C(=O)N1CCN(Cc2ccc3c(c2)CCO3)CC1. The molecule has 0 bridgehead atoms. The van der Waals surface area contributed by atoms with Crippen LogP contribution in [0.1, 0.15) is 27.9 Å². The van der Waals surface area contributed by atoms with Gasteiger partial charge in [0.1, 0.15) is 17.5 Å². The number of fused-ring (bicyclic) bond motifs is 1. The van der Waals surface area contributed by atoms with E-state index >= 15 is 0 Å². The molecule has 0 aromatic heterocycles. The monoisotopic (exact) mass is 483 g/mol. The summed E-state index contributed by atoms with van der Waals surface area (Å²) in [6.07, 6.45) is 3.58. The molecule has 1 saturated heterocycles. The van der Waals surface area contributed by atoms with Gasteiger partial charge < -0.3 is 19.7 Å². The summed E-state index contributed by atoms with van der Waals surface area (Å²) in [6, 6.07) is 13.0. The van der Waals surface area contributed by atoms with Crippen LogP contribution in [0.15, 0.2) is 42.5 Å². The van der Waals surface area contributed by atoms with Gasteiger partial charge in [-0.15, -0.1) is 0 Å². The number of nitrogens with zero attached hydrogens (tertiary/aromatic N) is 2. The maximum absolute atomic E-state index is 13.4. The van der Waals surface area contributed by atoms with E-state index in [4.69, 9.17) is 9.47 Å². The summed E-state index contributed by atoms with van der Waals surface area (Å²) >= 11 is 1.67. The largest absolute Gasteiger partial charge is 0.496 e. The zero-order valence-corrected chi connectivity index (χ0v) is 20.7. The van der Waals surface area contributed by atoms with Crippen LogP contribution in [0.3, 0.4) is 0 Å². The minimum Gasteiger partial charge on any atom is -0.496 e. The highest BCUT2D eigenvalue weighted by Gasteiger charge is 2.29. The van der Waals surface area contributed by atoms with E-state index in [0.29, 0.717) is 30.8 Å². The van der Waals surface area contributed by atoms with Gasteiger partial charge in [-0.1, -0.05) is 24.3 Å². The smallest absolute Gasteiger partial charge is 0.255 e. The van der Waals surface area contributed by atoms with E-state index < -0.39 is 6.04 Å². The highest BCUT2D eigenvalue weighted by atomic mass is 32.2. The second kappa shape index (κ2) is 11.6. The molecule has 2 aromatic rings. The average Bonchev–Trinajstić information content (AvgIpc) is 3.34. The van der Waals surface area contributed by atoms with Gasteiger partial charge in [-0.25, -0.2) is 0 Å². The highest BCUT2D eigenvalue weighted by Crippen LogP contribution is 2.26. The Morgan fingerprint density at radius 2 is 1.94 bits per heavy atom. The van der Waals surface area contributed by atoms with Crippen molar-refractivity contribution in [1.82, 2.24) is 15.1 Å². The molecule has 0 saturated carbocycles. The molecule has 182 valence electrons. The molecule has 8 heteroatoms. The standard InChI is InChI=1S/C26H33N3O4S/c1-32-24-6-4-3-5-21(24)25(30)27-22(10-16-34-2)26(31)29-13-11-28(12-14-29)18-19-7-8-23-20(17-19)9-15-33-23/h3-8,17,22H,9-16,18H2,1-2H3,(H,27,30). The van der Waals surface area contributed by atoms with E-state index in [9.17, 15) is 9.59 Å². The Morgan fingerprint density at radius 1 is 1.15 bits per heavy atom. The van der Waals surface area contributed by atoms with Crippen LogP contribution < -0.4 is 14.8 Å². The lowest BCUT2D eigenvalue weighted by molar-refractivity contribution is -0.135. The number of para-hydroxylation sites is 1. The first-order valence-electron chi connectivity index (χ1n) is 11.8. The van der Waals surface area contributed by atoms with E-state index in [-0.39, 0.29) is 11.8 Å². The first-order chi connectivity index (χ1) is 16.6. The fourth-order valence-corrected chi connectivity index (χ4v) is 4.98. The van der Waals surface area contributed by atoms with E-state index in [0.717, 1.165) is 44.2 Å². The van der Waals surface area contributed by atoms with Crippen LogP contribution in [-0.4, -0.2) is 79.6 Å². The molecule has 0 radical (unpaired) electrons. The Balaban J connectivity index is 1.34. The molecule has 1 fully saturated rings. The molecule has 2 aliphatic rings. The van der Waals surface area contributed by atoms with Crippen LogP contribution >= 0.6 is 11.8 Å². The molecule has 34 heavy (non-hydrogen) atoms. The predicted octanol–water partition coefficient (Wildman–Crippen LogP) is 2.83. The van der Waals surface area contributed by atoms with Crippen molar-refractivity contribution < 1.29 is 19.1 Å². The summed E-state index contributed by atoms with van der Waals surface area (Å²) in [5.74, 6) is 2.01. The minimum atomic E-state index is -0.548. The van der Waals surface area contributed by atoms with Gasteiger partial charge in [0, 0.05) is 39.1 Å². The van der Waals surface area contributed by atoms with Gasteiger partial charge in [0.15, 0.2) is 0 Å². The maximum atomic E-state index is 13.4. The first-order valence-corrected chi connectivity index (χ1v) is 13.2. The van der Waals surface area contributed by atoms with E-state index in [2.05, 4.69) is 28.4 Å². The van der Waals surface area contributed by atoms with Crippen LogP contribution in [0.25, 0.3) is 0 Å². The lowest BCUT2D eigenvalue weighted by Gasteiger charge is -2.36. The fraction of sp³-hybridized carbons (Fsp3) is 0.462. The molecule has 2 heterocycles. The van der Waals surface area contributed by atoms with Crippen molar-refractivity contribution in [3.8, 4) is 11.5 Å². The zero-order valence-electron chi connectivity index (χ0n) is 19.9. The number of hydrogen-bond donors (Lipinski definition) is 1. The quantitative estimate of drug-likeness (QED) is 0.592. The van der Waals surface area contributed by atoms with Crippen molar-refractivity contribution in [2.75, 3.05) is 51.9 Å². The first kappa shape index (κ1) is 24.4. The summed E-state index contributed by atoms with van der Waals surface area (Å²) in [4.78, 5) is 30.6. The molecule has 0 spiro atoms. The Labute approximate surface area is 205 Å². The molecular weight excluding hydrogens is 450 g/mol. The Bertz CT molecular complexity index is 1010. The minimum absolute atomic E-state index is 0.00775. The second-order valence-corrected chi connectivity index (χ2v) is 9.64. The molecule has 1 N–H and O–H groups in total. The molecule has 1 atom stereocenters. The maximum Gasteiger partial charge on any atom is 0.255 e. The lowest BCUT2D eigenvalue weighted by Crippen LogP contribution is -2.55. The number of methoxy groups -OCH3 is 1. The number of thioether (sulfide) groups is 1. The van der Waals surface area contributed by atoms with Crippen molar-refractivity contribution in [2.45, 2.75) is 25.4 Å². The van der Waals surface area contributed by atoms with Crippen molar-refractivity contribution in [3.05, 3.63) is 59.2 Å². The normalized spacial score (nSPS) is 16.5. The zero-order chi connectivity index (χ0) is 23.9.